The van der Waals surface area contributed by atoms with Crippen molar-refractivity contribution in [2.75, 3.05) is 57.3 Å². The molecule has 6 aromatic carbocycles. The molecule has 10 nitrogen and oxygen atoms in total. The van der Waals surface area contributed by atoms with Gasteiger partial charge in [0.25, 0.3) is 11.1 Å². The van der Waals surface area contributed by atoms with Gasteiger partial charge in [-0.2, -0.15) is 26.3 Å². The van der Waals surface area contributed by atoms with Crippen LogP contribution in [0.15, 0.2) is 167 Å². The molecule has 0 radical (unpaired) electrons. The van der Waals surface area contributed by atoms with Crippen molar-refractivity contribution in [3.8, 4) is 22.5 Å². The Morgan fingerprint density at radius 3 is 1.69 bits per heavy atom. The highest BCUT2D eigenvalue weighted by molar-refractivity contribution is 5.89. The summed E-state index contributed by atoms with van der Waals surface area (Å²) in [6.45, 7) is 4.13. The molecule has 2 atom stereocenters. The molecule has 368 valence electrons. The van der Waals surface area contributed by atoms with Gasteiger partial charge in [-0.3, -0.25) is 14.5 Å². The van der Waals surface area contributed by atoms with E-state index >= 15 is 0 Å². The molecule has 16 heteroatoms. The topological polar surface area (TPSA) is 115 Å². The SMILES string of the molecule is CN1CN(c2ccc3cc(-c4ccccc4C(F)(F)F)[nH]c(=O)c3c2)C[C@@H]1COCc1ccccc1.CN[C@H](CNc1ccc2cc(-c3ccccc3C(F)(F)F)[nH]c(=O)c2c1)COCc1ccccc1. The number of H-pyrrole nitrogens is 2. The highest BCUT2D eigenvalue weighted by Crippen LogP contribution is 2.38. The second-order valence-corrected chi connectivity index (χ2v) is 17.3. The van der Waals surface area contributed by atoms with Gasteiger partial charge in [-0.15, -0.1) is 0 Å². The number of aromatic amines is 2. The van der Waals surface area contributed by atoms with Crippen molar-refractivity contribution in [3.05, 3.63) is 201 Å². The van der Waals surface area contributed by atoms with Gasteiger partial charge in [-0.25, -0.2) is 0 Å². The molecular weight excluding hydrogens is 923 g/mol. The van der Waals surface area contributed by atoms with Crippen LogP contribution in [0.2, 0.25) is 0 Å². The molecule has 1 aliphatic heterocycles. The molecule has 8 aromatic rings. The molecule has 0 spiro atoms. The van der Waals surface area contributed by atoms with Crippen molar-refractivity contribution in [1.82, 2.24) is 20.2 Å². The van der Waals surface area contributed by atoms with Crippen molar-refractivity contribution in [3.63, 3.8) is 0 Å². The largest absolute Gasteiger partial charge is 0.417 e. The first-order valence-corrected chi connectivity index (χ1v) is 22.9. The van der Waals surface area contributed by atoms with Crippen molar-refractivity contribution >= 4 is 32.9 Å². The smallest absolute Gasteiger partial charge is 0.383 e. The van der Waals surface area contributed by atoms with Gasteiger partial charge in [0.1, 0.15) is 0 Å². The average molecular weight is 975 g/mol. The molecule has 9 rings (SSSR count). The van der Waals surface area contributed by atoms with Gasteiger partial charge in [-0.05, 0) is 84.5 Å². The fraction of sp³-hybridized carbons (Fsp3) is 0.236. The minimum atomic E-state index is -4.52. The van der Waals surface area contributed by atoms with Crippen molar-refractivity contribution in [1.29, 1.82) is 0 Å². The van der Waals surface area contributed by atoms with E-state index in [9.17, 15) is 35.9 Å². The molecule has 0 bridgehead atoms. The van der Waals surface area contributed by atoms with Crippen LogP contribution >= 0.6 is 0 Å². The number of likely N-dealkylation sites (N-methyl/N-ethyl adjacent to an activating group) is 2. The minimum Gasteiger partial charge on any atom is -0.383 e. The molecule has 0 saturated carbocycles. The summed E-state index contributed by atoms with van der Waals surface area (Å²) < 4.78 is 92.5. The van der Waals surface area contributed by atoms with E-state index < -0.39 is 34.6 Å². The molecule has 4 N–H and O–H groups in total. The monoisotopic (exact) mass is 974 g/mol. The third-order valence-electron chi connectivity index (χ3n) is 12.3. The summed E-state index contributed by atoms with van der Waals surface area (Å²) in [6.07, 6.45) is -9.04. The number of fused-ring (bicyclic) bond motifs is 2. The molecule has 1 aliphatic rings. The van der Waals surface area contributed by atoms with Crippen molar-refractivity contribution in [2.45, 2.75) is 37.7 Å². The van der Waals surface area contributed by atoms with Gasteiger partial charge in [-0.1, -0.05) is 109 Å². The summed E-state index contributed by atoms with van der Waals surface area (Å²) in [5, 5.41) is 8.47. The third kappa shape index (κ3) is 12.6. The zero-order valence-corrected chi connectivity index (χ0v) is 38.9. The van der Waals surface area contributed by atoms with Gasteiger partial charge < -0.3 is 35.0 Å². The number of hydrogen-bond donors (Lipinski definition) is 4. The molecule has 1 fully saturated rings. The molecule has 0 unspecified atom stereocenters. The number of halogens is 6. The number of rotatable bonds is 15. The lowest BCUT2D eigenvalue weighted by atomic mass is 10.0. The molecule has 3 heterocycles. The number of nitrogens with one attached hydrogen (secondary N) is 4. The number of anilines is 2. The number of aromatic nitrogens is 2. The maximum absolute atomic E-state index is 13.5. The number of alkyl halides is 6. The van der Waals surface area contributed by atoms with E-state index in [1.807, 2.05) is 80.8 Å². The van der Waals surface area contributed by atoms with Crippen LogP contribution in [-0.2, 0) is 35.0 Å². The Balaban J connectivity index is 0.000000191. The zero-order chi connectivity index (χ0) is 50.1. The maximum Gasteiger partial charge on any atom is 0.417 e. The second kappa shape index (κ2) is 22.2. The number of benzene rings is 6. The Hall–Kier alpha value is -7.24. The normalized spacial score (nSPS) is 14.6. The van der Waals surface area contributed by atoms with Crippen LogP contribution in [-0.4, -0.2) is 74.0 Å². The number of nitrogens with zero attached hydrogens (tertiary/aromatic N) is 2. The van der Waals surface area contributed by atoms with E-state index in [1.54, 1.807) is 42.5 Å². The zero-order valence-electron chi connectivity index (χ0n) is 38.9. The lowest BCUT2D eigenvalue weighted by molar-refractivity contribution is -0.137. The average Bonchev–Trinajstić information content (AvgIpc) is 3.74. The van der Waals surface area contributed by atoms with E-state index in [1.165, 1.54) is 36.4 Å². The van der Waals surface area contributed by atoms with Gasteiger partial charge in [0.2, 0.25) is 0 Å². The standard InChI is InChI=1S/C28H26F3N3O2.C27H26F3N3O2/c1-33-18-34(15-22(33)17-36-16-19-7-3-2-4-8-19)21-12-11-20-13-26(32-27(35)24(20)14-21)23-9-5-6-10-25(23)28(29,30)31;1-31-21(17-35-16-18-7-3-2-4-8-18)15-32-20-12-11-19-13-25(33-26(34)23(19)14-20)22-9-5-6-10-24(22)27(28,29)30/h2-14,22H,15-18H2,1H3,(H,32,35);2-14,21,31-32H,15-17H2,1H3,(H,33,34)/t22-;21-/m11/s1. The van der Waals surface area contributed by atoms with Crippen LogP contribution in [0.1, 0.15) is 22.3 Å². The van der Waals surface area contributed by atoms with Crippen LogP contribution in [0.25, 0.3) is 44.1 Å². The minimum absolute atomic E-state index is 0.0361. The molecule has 0 aliphatic carbocycles. The summed E-state index contributed by atoms with van der Waals surface area (Å²) in [7, 11) is 3.89. The fourth-order valence-corrected chi connectivity index (χ4v) is 8.50. The molecule has 0 amide bonds. The summed E-state index contributed by atoms with van der Waals surface area (Å²) in [5.74, 6) is 0. The Labute approximate surface area is 405 Å². The highest BCUT2D eigenvalue weighted by atomic mass is 19.4. The first-order valence-electron chi connectivity index (χ1n) is 22.9. The highest BCUT2D eigenvalue weighted by Gasteiger charge is 2.35. The molecule has 2 aromatic heterocycles. The number of hydrogen-bond acceptors (Lipinski definition) is 8. The summed E-state index contributed by atoms with van der Waals surface area (Å²) in [6, 6.07) is 44.5. The Morgan fingerprint density at radius 2 is 1.14 bits per heavy atom. The number of pyridine rings is 2. The molecule has 1 saturated heterocycles. The quantitative estimate of drug-likeness (QED) is 0.0751. The Morgan fingerprint density at radius 1 is 0.634 bits per heavy atom. The summed E-state index contributed by atoms with van der Waals surface area (Å²) in [4.78, 5) is 35.3. The third-order valence-corrected chi connectivity index (χ3v) is 12.3. The first-order chi connectivity index (χ1) is 34.1. The molecular formula is C55H52F6N6O4. The number of ether oxygens (including phenoxy) is 2. The second-order valence-electron chi connectivity index (χ2n) is 17.3. The van der Waals surface area contributed by atoms with Crippen LogP contribution in [0.3, 0.4) is 0 Å². The first kappa shape index (κ1) is 50.2. The van der Waals surface area contributed by atoms with Gasteiger partial charge in [0, 0.05) is 63.8 Å². The fourth-order valence-electron chi connectivity index (χ4n) is 8.50. The van der Waals surface area contributed by atoms with E-state index in [0.29, 0.717) is 61.2 Å². The van der Waals surface area contributed by atoms with Gasteiger partial charge in [0.15, 0.2) is 0 Å². The molecule has 71 heavy (non-hydrogen) atoms. The van der Waals surface area contributed by atoms with Crippen LogP contribution in [0.5, 0.6) is 0 Å². The van der Waals surface area contributed by atoms with E-state index in [-0.39, 0.29) is 34.6 Å². The van der Waals surface area contributed by atoms with E-state index in [2.05, 4.69) is 30.4 Å². The van der Waals surface area contributed by atoms with Gasteiger partial charge >= 0.3 is 12.4 Å². The van der Waals surface area contributed by atoms with Crippen molar-refractivity contribution in [2.24, 2.45) is 0 Å². The van der Waals surface area contributed by atoms with Crippen LogP contribution in [0.4, 0.5) is 37.7 Å². The van der Waals surface area contributed by atoms with E-state index in [4.69, 9.17) is 9.47 Å². The Kier molecular flexibility index (Phi) is 15.7. The van der Waals surface area contributed by atoms with Crippen molar-refractivity contribution < 1.29 is 35.8 Å². The van der Waals surface area contributed by atoms with E-state index in [0.717, 1.165) is 41.2 Å². The summed E-state index contributed by atoms with van der Waals surface area (Å²) in [5.41, 5.74) is 1.56. The predicted octanol–water partition coefficient (Wildman–Crippen LogP) is 10.9. The maximum atomic E-state index is 13.5. The lowest BCUT2D eigenvalue weighted by Gasteiger charge is -2.18. The predicted molar refractivity (Wildman–Crippen MR) is 267 cm³/mol. The lowest BCUT2D eigenvalue weighted by Crippen LogP contribution is -2.36. The summed E-state index contributed by atoms with van der Waals surface area (Å²) >= 11 is 0. The van der Waals surface area contributed by atoms with Crippen LogP contribution < -0.4 is 26.7 Å². The Bertz CT molecular complexity index is 3180. The van der Waals surface area contributed by atoms with Gasteiger partial charge in [0.05, 0.1) is 50.3 Å². The van der Waals surface area contributed by atoms with Crippen LogP contribution in [0, 0.1) is 0 Å².